The number of rotatable bonds is 4. The molecule has 7 heteroatoms. The molecule has 7 nitrogen and oxygen atoms in total. The molecule has 0 radical (unpaired) electrons. The van der Waals surface area contributed by atoms with Crippen LogP contribution in [0.2, 0.25) is 0 Å². The minimum atomic E-state index is -0.0297. The Balaban J connectivity index is 1.57. The first-order chi connectivity index (χ1) is 14.6. The van der Waals surface area contributed by atoms with E-state index in [9.17, 15) is 4.79 Å². The molecule has 0 saturated carbocycles. The molecule has 3 aromatic heterocycles. The van der Waals surface area contributed by atoms with Crippen molar-refractivity contribution in [3.63, 3.8) is 0 Å². The Hall–Kier alpha value is -3.45. The zero-order valence-electron chi connectivity index (χ0n) is 17.1. The van der Waals surface area contributed by atoms with Crippen molar-refractivity contribution in [1.29, 1.82) is 0 Å². The van der Waals surface area contributed by atoms with Crippen LogP contribution in [0.15, 0.2) is 66.0 Å². The lowest BCUT2D eigenvalue weighted by Crippen LogP contribution is -2.37. The molecule has 1 aliphatic rings. The Kier molecular flexibility index (Phi) is 4.59. The van der Waals surface area contributed by atoms with Crippen LogP contribution in [0.3, 0.4) is 0 Å². The number of hydrogen-bond donors (Lipinski definition) is 1. The second-order valence-corrected chi connectivity index (χ2v) is 7.72. The molecule has 0 amide bonds. The third-order valence-electron chi connectivity index (χ3n) is 6.06. The molecular formula is C23H24N6O. The number of para-hydroxylation sites is 1. The van der Waals surface area contributed by atoms with Crippen molar-refractivity contribution in [3.05, 3.63) is 99.7 Å². The molecule has 1 unspecified atom stereocenters. The van der Waals surface area contributed by atoms with Gasteiger partial charge in [0.15, 0.2) is 0 Å². The van der Waals surface area contributed by atoms with Gasteiger partial charge in [0.05, 0.1) is 29.3 Å². The summed E-state index contributed by atoms with van der Waals surface area (Å²) in [5.41, 5.74) is 5.95. The summed E-state index contributed by atoms with van der Waals surface area (Å²) in [5.74, 6) is 0. The Labute approximate surface area is 174 Å². The summed E-state index contributed by atoms with van der Waals surface area (Å²) >= 11 is 0. The van der Waals surface area contributed by atoms with E-state index >= 15 is 0 Å². The third kappa shape index (κ3) is 2.98. The average Bonchev–Trinajstić information content (AvgIpc) is 3.33. The summed E-state index contributed by atoms with van der Waals surface area (Å²) < 4.78 is 3.68. The highest BCUT2D eigenvalue weighted by molar-refractivity contribution is 5.35. The SMILES string of the molecule is Cc1c(CN2CCc3[nH]cnc3C2c2cccnc2)c(=O)n(-c2ccccc2)n1C. The van der Waals surface area contributed by atoms with Gasteiger partial charge in [0.2, 0.25) is 0 Å². The normalized spacial score (nSPS) is 16.5. The van der Waals surface area contributed by atoms with E-state index in [1.165, 1.54) is 0 Å². The van der Waals surface area contributed by atoms with E-state index < -0.39 is 0 Å². The highest BCUT2D eigenvalue weighted by Crippen LogP contribution is 2.34. The molecule has 1 atom stereocenters. The Bertz CT molecular complexity index is 1220. The first kappa shape index (κ1) is 18.6. The number of aromatic nitrogens is 5. The molecule has 0 spiro atoms. The van der Waals surface area contributed by atoms with Crippen molar-refractivity contribution in [2.75, 3.05) is 6.54 Å². The second kappa shape index (κ2) is 7.42. The summed E-state index contributed by atoms with van der Waals surface area (Å²) in [7, 11) is 1.94. The quantitative estimate of drug-likeness (QED) is 0.572. The van der Waals surface area contributed by atoms with Crippen molar-refractivity contribution in [1.82, 2.24) is 29.2 Å². The minimum Gasteiger partial charge on any atom is -0.348 e. The molecule has 4 heterocycles. The van der Waals surface area contributed by atoms with E-state index in [0.717, 1.165) is 46.9 Å². The topological polar surface area (TPSA) is 71.7 Å². The van der Waals surface area contributed by atoms with Gasteiger partial charge >= 0.3 is 0 Å². The number of pyridine rings is 1. The van der Waals surface area contributed by atoms with E-state index in [0.29, 0.717) is 6.54 Å². The molecule has 0 saturated heterocycles. The summed E-state index contributed by atoms with van der Waals surface area (Å²) in [4.78, 5) is 27.9. The molecule has 152 valence electrons. The van der Waals surface area contributed by atoms with Crippen molar-refractivity contribution in [3.8, 4) is 5.69 Å². The van der Waals surface area contributed by atoms with Crippen LogP contribution in [0, 0.1) is 6.92 Å². The number of aromatic amines is 1. The van der Waals surface area contributed by atoms with Gasteiger partial charge < -0.3 is 4.98 Å². The minimum absolute atomic E-state index is 0.0268. The van der Waals surface area contributed by atoms with Gasteiger partial charge in [0, 0.05) is 50.3 Å². The molecule has 1 N–H and O–H groups in total. The Morgan fingerprint density at radius 2 is 2.00 bits per heavy atom. The molecule has 0 fully saturated rings. The lowest BCUT2D eigenvalue weighted by molar-refractivity contribution is 0.199. The fraction of sp³-hybridized carbons (Fsp3) is 0.261. The van der Waals surface area contributed by atoms with Gasteiger partial charge in [0.1, 0.15) is 0 Å². The van der Waals surface area contributed by atoms with E-state index in [1.807, 2.05) is 61.2 Å². The Morgan fingerprint density at radius 3 is 2.77 bits per heavy atom. The van der Waals surface area contributed by atoms with Gasteiger partial charge in [-0.3, -0.25) is 19.4 Å². The highest BCUT2D eigenvalue weighted by Gasteiger charge is 2.32. The van der Waals surface area contributed by atoms with Crippen LogP contribution >= 0.6 is 0 Å². The zero-order chi connectivity index (χ0) is 20.7. The lowest BCUT2D eigenvalue weighted by atomic mass is 9.96. The maximum Gasteiger partial charge on any atom is 0.276 e. The van der Waals surface area contributed by atoms with Crippen LogP contribution in [0.25, 0.3) is 5.69 Å². The maximum atomic E-state index is 13.4. The van der Waals surface area contributed by atoms with Gasteiger partial charge in [0.25, 0.3) is 5.56 Å². The number of fused-ring (bicyclic) bond motifs is 1. The number of hydrogen-bond acceptors (Lipinski definition) is 4. The summed E-state index contributed by atoms with van der Waals surface area (Å²) in [5, 5.41) is 0. The van der Waals surface area contributed by atoms with Crippen molar-refractivity contribution in [2.24, 2.45) is 7.05 Å². The number of H-pyrrole nitrogens is 1. The second-order valence-electron chi connectivity index (χ2n) is 7.72. The molecule has 1 aliphatic heterocycles. The molecule has 0 bridgehead atoms. The van der Waals surface area contributed by atoms with Crippen LogP contribution in [0.1, 0.15) is 34.3 Å². The predicted octanol–water partition coefficient (Wildman–Crippen LogP) is 2.75. The molecule has 1 aromatic carbocycles. The molecule has 0 aliphatic carbocycles. The summed E-state index contributed by atoms with van der Waals surface area (Å²) in [6.45, 7) is 3.41. The third-order valence-corrected chi connectivity index (χ3v) is 6.06. The van der Waals surface area contributed by atoms with Gasteiger partial charge in [-0.2, -0.15) is 0 Å². The Morgan fingerprint density at radius 1 is 1.17 bits per heavy atom. The van der Waals surface area contributed by atoms with Crippen LogP contribution < -0.4 is 5.56 Å². The van der Waals surface area contributed by atoms with E-state index in [-0.39, 0.29) is 11.6 Å². The van der Waals surface area contributed by atoms with Crippen molar-refractivity contribution in [2.45, 2.75) is 25.9 Å². The molecule has 4 aromatic rings. The number of benzene rings is 1. The zero-order valence-corrected chi connectivity index (χ0v) is 17.1. The largest absolute Gasteiger partial charge is 0.348 e. The lowest BCUT2D eigenvalue weighted by Gasteiger charge is -2.34. The first-order valence-corrected chi connectivity index (χ1v) is 10.1. The van der Waals surface area contributed by atoms with E-state index in [1.54, 1.807) is 17.2 Å². The first-order valence-electron chi connectivity index (χ1n) is 10.1. The van der Waals surface area contributed by atoms with Crippen molar-refractivity contribution >= 4 is 0 Å². The van der Waals surface area contributed by atoms with Gasteiger partial charge in [-0.1, -0.05) is 24.3 Å². The number of imidazole rings is 1. The average molecular weight is 400 g/mol. The van der Waals surface area contributed by atoms with E-state index in [4.69, 9.17) is 0 Å². The fourth-order valence-electron chi connectivity index (χ4n) is 4.41. The smallest absolute Gasteiger partial charge is 0.276 e. The van der Waals surface area contributed by atoms with Crippen LogP contribution in [0.4, 0.5) is 0 Å². The summed E-state index contributed by atoms with van der Waals surface area (Å²) in [6.07, 6.45) is 6.31. The molecule has 30 heavy (non-hydrogen) atoms. The predicted molar refractivity (Wildman–Crippen MR) is 115 cm³/mol. The molecular weight excluding hydrogens is 376 g/mol. The van der Waals surface area contributed by atoms with Gasteiger partial charge in [-0.05, 0) is 30.7 Å². The van der Waals surface area contributed by atoms with Crippen LogP contribution in [-0.4, -0.2) is 35.8 Å². The van der Waals surface area contributed by atoms with Crippen molar-refractivity contribution < 1.29 is 0 Å². The monoisotopic (exact) mass is 400 g/mol. The highest BCUT2D eigenvalue weighted by atomic mass is 16.1. The number of nitrogens with one attached hydrogen (secondary N) is 1. The maximum absolute atomic E-state index is 13.4. The van der Waals surface area contributed by atoms with Crippen LogP contribution in [0.5, 0.6) is 0 Å². The standard InChI is InChI=1S/C23H24N6O/c1-16-19(23(30)29(27(16)2)18-8-4-3-5-9-18)14-28-12-10-20-21(26-15-25-20)22(28)17-7-6-11-24-13-17/h3-9,11,13,15,22H,10,12,14H2,1-2H3,(H,25,26). The molecule has 5 rings (SSSR count). The number of nitrogens with zero attached hydrogens (tertiary/aromatic N) is 5. The van der Waals surface area contributed by atoms with Gasteiger partial charge in [-0.25, -0.2) is 9.67 Å². The van der Waals surface area contributed by atoms with E-state index in [2.05, 4.69) is 25.9 Å². The van der Waals surface area contributed by atoms with Crippen LogP contribution in [-0.2, 0) is 20.0 Å². The summed E-state index contributed by atoms with van der Waals surface area (Å²) in [6, 6.07) is 13.8. The fourth-order valence-corrected chi connectivity index (χ4v) is 4.41. The van der Waals surface area contributed by atoms with Gasteiger partial charge in [-0.15, -0.1) is 0 Å².